The molecule has 0 radical (unpaired) electrons. The Bertz CT molecular complexity index is 413. The summed E-state index contributed by atoms with van der Waals surface area (Å²) in [7, 11) is 3.93. The highest BCUT2D eigenvalue weighted by atomic mass is 35.5. The first-order chi connectivity index (χ1) is 8.49. The minimum atomic E-state index is 0.211. The molecule has 0 unspecified atom stereocenters. The van der Waals surface area contributed by atoms with Crippen LogP contribution in [0.1, 0.15) is 31.7 Å². The van der Waals surface area contributed by atoms with Crippen LogP contribution in [0.4, 0.5) is 0 Å². The van der Waals surface area contributed by atoms with Crippen molar-refractivity contribution in [2.45, 2.75) is 39.7 Å². The molecule has 0 aliphatic carbocycles. The third kappa shape index (κ3) is 3.82. The molecule has 1 aromatic heterocycles. The number of ketones is 1. The standard InChI is InChI=1S/C13H22ClN3O/c1-5-11-13(14)12(17(6-2)15-11)9-10(18)7-8-16(3)4/h5-9H2,1-4H3. The summed E-state index contributed by atoms with van der Waals surface area (Å²) in [6, 6.07) is 0. The molecule has 0 amide bonds. The van der Waals surface area contributed by atoms with Gasteiger partial charge in [-0.2, -0.15) is 5.10 Å². The minimum absolute atomic E-state index is 0.211. The minimum Gasteiger partial charge on any atom is -0.309 e. The summed E-state index contributed by atoms with van der Waals surface area (Å²) >= 11 is 6.27. The molecule has 0 aliphatic heterocycles. The number of hydrogen-bond donors (Lipinski definition) is 0. The van der Waals surface area contributed by atoms with Gasteiger partial charge in [0.1, 0.15) is 5.78 Å². The summed E-state index contributed by atoms with van der Waals surface area (Å²) in [5.41, 5.74) is 1.74. The quantitative estimate of drug-likeness (QED) is 0.763. The monoisotopic (exact) mass is 271 g/mol. The Kier molecular flexibility index (Phi) is 5.82. The third-order valence-corrected chi connectivity index (χ3v) is 3.33. The molecule has 102 valence electrons. The Morgan fingerprint density at radius 1 is 1.39 bits per heavy atom. The lowest BCUT2D eigenvalue weighted by molar-refractivity contribution is -0.118. The number of rotatable bonds is 7. The Balaban J connectivity index is 2.77. The largest absolute Gasteiger partial charge is 0.309 e. The van der Waals surface area contributed by atoms with Gasteiger partial charge in [0.15, 0.2) is 0 Å². The summed E-state index contributed by atoms with van der Waals surface area (Å²) in [4.78, 5) is 13.9. The van der Waals surface area contributed by atoms with Crippen LogP contribution in [0.15, 0.2) is 0 Å². The molecule has 0 atom stereocenters. The van der Waals surface area contributed by atoms with Crippen molar-refractivity contribution in [3.8, 4) is 0 Å². The van der Waals surface area contributed by atoms with Crippen LogP contribution in [0.25, 0.3) is 0 Å². The molecule has 0 bridgehead atoms. The molecule has 1 rings (SSSR count). The molecule has 0 N–H and O–H groups in total. The molecule has 5 heteroatoms. The summed E-state index contributed by atoms with van der Waals surface area (Å²) in [6.07, 6.45) is 1.73. The van der Waals surface area contributed by atoms with Gasteiger partial charge < -0.3 is 4.90 Å². The van der Waals surface area contributed by atoms with Crippen molar-refractivity contribution >= 4 is 17.4 Å². The fourth-order valence-electron chi connectivity index (χ4n) is 1.81. The van der Waals surface area contributed by atoms with E-state index in [-0.39, 0.29) is 5.78 Å². The Labute approximate surface area is 114 Å². The van der Waals surface area contributed by atoms with Crippen molar-refractivity contribution in [2.75, 3.05) is 20.6 Å². The van der Waals surface area contributed by atoms with E-state index in [1.807, 2.05) is 37.5 Å². The summed E-state index contributed by atoms with van der Waals surface area (Å²) in [6.45, 7) is 5.55. The molecule has 0 fully saturated rings. The molecular weight excluding hydrogens is 250 g/mol. The van der Waals surface area contributed by atoms with Gasteiger partial charge in [-0.05, 0) is 27.4 Å². The van der Waals surface area contributed by atoms with Crippen LogP contribution in [-0.2, 0) is 24.2 Å². The van der Waals surface area contributed by atoms with Gasteiger partial charge in [0.25, 0.3) is 0 Å². The van der Waals surface area contributed by atoms with Crippen LogP contribution in [0.3, 0.4) is 0 Å². The fourth-order valence-corrected chi connectivity index (χ4v) is 2.15. The van der Waals surface area contributed by atoms with Crippen molar-refractivity contribution in [2.24, 2.45) is 0 Å². The summed E-state index contributed by atoms with van der Waals surface area (Å²) in [5, 5.41) is 5.08. The molecule has 0 saturated heterocycles. The van der Waals surface area contributed by atoms with Crippen molar-refractivity contribution in [1.82, 2.24) is 14.7 Å². The average molecular weight is 272 g/mol. The van der Waals surface area contributed by atoms with Gasteiger partial charge in [-0.25, -0.2) is 0 Å². The molecule has 18 heavy (non-hydrogen) atoms. The highest BCUT2D eigenvalue weighted by Crippen LogP contribution is 2.22. The van der Waals surface area contributed by atoms with Crippen LogP contribution in [0.2, 0.25) is 5.02 Å². The zero-order valence-electron chi connectivity index (χ0n) is 11.7. The van der Waals surface area contributed by atoms with Gasteiger partial charge in [-0.15, -0.1) is 0 Å². The molecule has 1 aromatic rings. The van der Waals surface area contributed by atoms with Gasteiger partial charge >= 0.3 is 0 Å². The topological polar surface area (TPSA) is 38.1 Å². The fraction of sp³-hybridized carbons (Fsp3) is 0.692. The Hall–Kier alpha value is -0.870. The number of Topliss-reactive ketones (excluding diaryl/α,β-unsaturated/α-hetero) is 1. The maximum absolute atomic E-state index is 11.9. The van der Waals surface area contributed by atoms with Crippen molar-refractivity contribution in [3.63, 3.8) is 0 Å². The van der Waals surface area contributed by atoms with E-state index in [4.69, 9.17) is 11.6 Å². The number of carbonyl (C=O) groups is 1. The summed E-state index contributed by atoms with van der Waals surface area (Å²) < 4.78 is 1.84. The second kappa shape index (κ2) is 6.90. The summed E-state index contributed by atoms with van der Waals surface area (Å²) in [5.74, 6) is 0.211. The number of aromatic nitrogens is 2. The van der Waals surface area contributed by atoms with Crippen molar-refractivity contribution in [1.29, 1.82) is 0 Å². The Morgan fingerprint density at radius 2 is 2.06 bits per heavy atom. The SMILES string of the molecule is CCc1nn(CC)c(CC(=O)CCN(C)C)c1Cl. The number of halogens is 1. The van der Waals surface area contributed by atoms with E-state index in [9.17, 15) is 4.79 Å². The zero-order chi connectivity index (χ0) is 13.7. The van der Waals surface area contributed by atoms with Crippen molar-refractivity contribution in [3.05, 3.63) is 16.4 Å². The maximum Gasteiger partial charge on any atom is 0.140 e. The first-order valence-electron chi connectivity index (χ1n) is 6.40. The first kappa shape index (κ1) is 15.2. The first-order valence-corrected chi connectivity index (χ1v) is 6.77. The molecular formula is C13H22ClN3O. The molecule has 0 spiro atoms. The lowest BCUT2D eigenvalue weighted by Crippen LogP contribution is -2.18. The Morgan fingerprint density at radius 3 is 2.56 bits per heavy atom. The van der Waals surface area contributed by atoms with Crippen molar-refractivity contribution < 1.29 is 4.79 Å². The van der Waals surface area contributed by atoms with Crippen LogP contribution in [-0.4, -0.2) is 41.1 Å². The van der Waals surface area contributed by atoms with Crippen LogP contribution in [0.5, 0.6) is 0 Å². The normalized spacial score (nSPS) is 11.2. The van der Waals surface area contributed by atoms with Gasteiger partial charge in [0, 0.05) is 25.9 Å². The highest BCUT2D eigenvalue weighted by molar-refractivity contribution is 6.32. The predicted octanol–water partition coefficient (Wildman–Crippen LogP) is 2.18. The molecule has 0 aromatic carbocycles. The van der Waals surface area contributed by atoms with E-state index in [2.05, 4.69) is 5.10 Å². The second-order valence-electron chi connectivity index (χ2n) is 4.65. The molecule has 4 nitrogen and oxygen atoms in total. The predicted molar refractivity (Wildman–Crippen MR) is 74.2 cm³/mol. The molecule has 0 saturated carbocycles. The number of hydrogen-bond acceptors (Lipinski definition) is 3. The second-order valence-corrected chi connectivity index (χ2v) is 5.02. The number of nitrogens with zero attached hydrogens (tertiary/aromatic N) is 3. The van der Waals surface area contributed by atoms with Gasteiger partial charge in [0.2, 0.25) is 0 Å². The van der Waals surface area contributed by atoms with E-state index in [0.717, 1.165) is 30.9 Å². The van der Waals surface area contributed by atoms with E-state index in [1.54, 1.807) is 0 Å². The zero-order valence-corrected chi connectivity index (χ0v) is 12.4. The van der Waals surface area contributed by atoms with Gasteiger partial charge in [-0.1, -0.05) is 18.5 Å². The third-order valence-electron chi connectivity index (χ3n) is 2.90. The van der Waals surface area contributed by atoms with E-state index < -0.39 is 0 Å². The lowest BCUT2D eigenvalue weighted by Gasteiger charge is -2.09. The smallest absolute Gasteiger partial charge is 0.140 e. The lowest BCUT2D eigenvalue weighted by atomic mass is 10.1. The van der Waals surface area contributed by atoms with Gasteiger partial charge in [0.05, 0.1) is 16.4 Å². The number of aryl methyl sites for hydroxylation is 2. The molecule has 1 heterocycles. The van der Waals surface area contributed by atoms with Crippen LogP contribution >= 0.6 is 11.6 Å². The van der Waals surface area contributed by atoms with Crippen LogP contribution < -0.4 is 0 Å². The van der Waals surface area contributed by atoms with E-state index >= 15 is 0 Å². The highest BCUT2D eigenvalue weighted by Gasteiger charge is 2.17. The van der Waals surface area contributed by atoms with Crippen LogP contribution in [0, 0.1) is 0 Å². The van der Waals surface area contributed by atoms with E-state index in [1.165, 1.54) is 0 Å². The van der Waals surface area contributed by atoms with E-state index in [0.29, 0.717) is 17.9 Å². The number of carbonyl (C=O) groups excluding carboxylic acids is 1. The average Bonchev–Trinajstić information content (AvgIpc) is 2.63. The molecule has 0 aliphatic rings. The maximum atomic E-state index is 11.9. The van der Waals surface area contributed by atoms with Gasteiger partial charge in [-0.3, -0.25) is 9.48 Å².